The van der Waals surface area contributed by atoms with Crippen LogP contribution in [0.15, 0.2) is 17.2 Å². The summed E-state index contributed by atoms with van der Waals surface area (Å²) in [5.74, 6) is -0.379. The van der Waals surface area contributed by atoms with Crippen molar-refractivity contribution in [3.8, 4) is 0 Å². The van der Waals surface area contributed by atoms with E-state index in [2.05, 4.69) is 4.98 Å². The first-order valence-corrected chi connectivity index (χ1v) is 6.64. The number of aliphatic carboxylic acids is 1. The number of hydrogen-bond acceptors (Lipinski definition) is 5. The zero-order valence-corrected chi connectivity index (χ0v) is 11.7. The first-order chi connectivity index (χ1) is 9.49. The van der Waals surface area contributed by atoms with Gasteiger partial charge in [0.1, 0.15) is 0 Å². The lowest BCUT2D eigenvalue weighted by atomic mass is 10.2. The number of rotatable bonds is 4. The van der Waals surface area contributed by atoms with Crippen LogP contribution in [0.25, 0.3) is 0 Å². The van der Waals surface area contributed by atoms with Crippen molar-refractivity contribution < 1.29 is 14.6 Å². The molecule has 0 amide bonds. The van der Waals surface area contributed by atoms with Crippen LogP contribution >= 0.6 is 0 Å². The van der Waals surface area contributed by atoms with Gasteiger partial charge in [-0.25, -0.2) is 9.78 Å². The van der Waals surface area contributed by atoms with Crippen LogP contribution in [0.4, 0.5) is 5.82 Å². The molecule has 1 fully saturated rings. The lowest BCUT2D eigenvalue weighted by Gasteiger charge is -2.31. The first kappa shape index (κ1) is 14.5. The highest BCUT2D eigenvalue weighted by Crippen LogP contribution is 2.11. The molecule has 7 heteroatoms. The summed E-state index contributed by atoms with van der Waals surface area (Å²) >= 11 is 0. The number of carboxylic acids is 1. The fourth-order valence-electron chi connectivity index (χ4n) is 2.18. The summed E-state index contributed by atoms with van der Waals surface area (Å²) in [6.07, 6.45) is 2.31. The fourth-order valence-corrected chi connectivity index (χ4v) is 2.18. The van der Waals surface area contributed by atoms with Crippen LogP contribution in [-0.2, 0) is 16.1 Å². The van der Waals surface area contributed by atoms with Gasteiger partial charge in [0.15, 0.2) is 11.9 Å². The monoisotopic (exact) mass is 281 g/mol. The highest BCUT2D eigenvalue weighted by atomic mass is 16.5. The van der Waals surface area contributed by atoms with Crippen molar-refractivity contribution in [2.75, 3.05) is 24.6 Å². The number of nitrogens with zero attached hydrogens (tertiary/aromatic N) is 3. The van der Waals surface area contributed by atoms with Crippen molar-refractivity contribution in [1.82, 2.24) is 9.55 Å². The van der Waals surface area contributed by atoms with Gasteiger partial charge in [0.2, 0.25) is 0 Å². The molecule has 1 aliphatic heterocycles. The number of aromatic nitrogens is 2. The average molecular weight is 281 g/mol. The molecule has 110 valence electrons. The Morgan fingerprint density at radius 3 is 3.00 bits per heavy atom. The van der Waals surface area contributed by atoms with Crippen molar-refractivity contribution in [3.63, 3.8) is 0 Å². The molecule has 7 nitrogen and oxygen atoms in total. The van der Waals surface area contributed by atoms with E-state index in [0.29, 0.717) is 24.8 Å². The molecule has 0 aliphatic carbocycles. The molecule has 1 atom stereocenters. The smallest absolute Gasteiger partial charge is 0.334 e. The van der Waals surface area contributed by atoms with E-state index in [1.165, 1.54) is 0 Å². The van der Waals surface area contributed by atoms with Gasteiger partial charge in [-0.3, -0.25) is 4.79 Å². The minimum absolute atomic E-state index is 0.142. The van der Waals surface area contributed by atoms with Gasteiger partial charge in [0, 0.05) is 25.5 Å². The standard InChI is InChI=1S/C13H19N3O4/c1-9(2)7-16-4-3-14-11(12(16)17)15-5-6-20-10(8-15)13(18)19/h3-4,9-10H,5-8H2,1-2H3,(H,18,19). The largest absolute Gasteiger partial charge is 0.479 e. The van der Waals surface area contributed by atoms with Gasteiger partial charge in [-0.2, -0.15) is 0 Å². The van der Waals surface area contributed by atoms with Crippen molar-refractivity contribution in [1.29, 1.82) is 0 Å². The Balaban J connectivity index is 2.24. The fraction of sp³-hybridized carbons (Fsp3) is 0.615. The van der Waals surface area contributed by atoms with Gasteiger partial charge in [-0.05, 0) is 5.92 Å². The number of hydrogen-bond donors (Lipinski definition) is 1. The molecule has 1 aliphatic rings. The third-order valence-electron chi connectivity index (χ3n) is 3.10. The number of morpholine rings is 1. The lowest BCUT2D eigenvalue weighted by Crippen LogP contribution is -2.48. The number of carboxylic acid groups (broad SMARTS) is 1. The predicted octanol–water partition coefficient (Wildman–Crippen LogP) is 0.189. The Morgan fingerprint density at radius 2 is 2.35 bits per heavy atom. The van der Waals surface area contributed by atoms with Crippen LogP contribution in [0, 0.1) is 5.92 Å². The van der Waals surface area contributed by atoms with Gasteiger partial charge in [0.25, 0.3) is 5.56 Å². The topological polar surface area (TPSA) is 84.7 Å². The van der Waals surface area contributed by atoms with Gasteiger partial charge >= 0.3 is 5.97 Å². The minimum Gasteiger partial charge on any atom is -0.479 e. The summed E-state index contributed by atoms with van der Waals surface area (Å²) in [5.41, 5.74) is -0.188. The normalized spacial score (nSPS) is 19.4. The maximum absolute atomic E-state index is 12.4. The molecule has 1 aromatic heterocycles. The molecule has 2 rings (SSSR count). The lowest BCUT2D eigenvalue weighted by molar-refractivity contribution is -0.150. The summed E-state index contributed by atoms with van der Waals surface area (Å²) < 4.78 is 6.76. The molecule has 0 radical (unpaired) electrons. The summed E-state index contributed by atoms with van der Waals surface area (Å²) in [6.45, 7) is 5.56. The van der Waals surface area contributed by atoms with E-state index in [4.69, 9.17) is 9.84 Å². The van der Waals surface area contributed by atoms with E-state index in [-0.39, 0.29) is 18.7 Å². The van der Waals surface area contributed by atoms with Crippen LogP contribution < -0.4 is 10.5 Å². The summed E-state index contributed by atoms with van der Waals surface area (Å²) in [5, 5.41) is 8.99. The number of carbonyl (C=O) groups is 1. The van der Waals surface area contributed by atoms with Crippen molar-refractivity contribution in [2.24, 2.45) is 5.92 Å². The first-order valence-electron chi connectivity index (χ1n) is 6.64. The zero-order valence-electron chi connectivity index (χ0n) is 11.7. The molecular formula is C13H19N3O4. The molecule has 1 saturated heterocycles. The van der Waals surface area contributed by atoms with E-state index >= 15 is 0 Å². The molecular weight excluding hydrogens is 262 g/mol. The molecule has 1 unspecified atom stereocenters. The van der Waals surface area contributed by atoms with Crippen molar-refractivity contribution >= 4 is 11.8 Å². The Hall–Kier alpha value is -1.89. The second-order valence-electron chi connectivity index (χ2n) is 5.25. The Labute approximate surface area is 116 Å². The second kappa shape index (κ2) is 6.04. The molecule has 0 aromatic carbocycles. The number of ether oxygens (including phenoxy) is 1. The van der Waals surface area contributed by atoms with E-state index in [1.54, 1.807) is 21.9 Å². The Morgan fingerprint density at radius 1 is 1.60 bits per heavy atom. The van der Waals surface area contributed by atoms with Crippen molar-refractivity contribution in [2.45, 2.75) is 26.5 Å². The number of anilines is 1. The van der Waals surface area contributed by atoms with Gasteiger partial charge in [-0.15, -0.1) is 0 Å². The van der Waals surface area contributed by atoms with E-state index in [0.717, 1.165) is 0 Å². The van der Waals surface area contributed by atoms with Crippen LogP contribution in [0.5, 0.6) is 0 Å². The predicted molar refractivity (Wildman–Crippen MR) is 72.9 cm³/mol. The molecule has 0 saturated carbocycles. The van der Waals surface area contributed by atoms with Crippen LogP contribution in [0.1, 0.15) is 13.8 Å². The third-order valence-corrected chi connectivity index (χ3v) is 3.10. The highest BCUT2D eigenvalue weighted by Gasteiger charge is 2.28. The maximum Gasteiger partial charge on any atom is 0.334 e. The van der Waals surface area contributed by atoms with Gasteiger partial charge in [0.05, 0.1) is 13.2 Å². The molecule has 1 aromatic rings. The second-order valence-corrected chi connectivity index (χ2v) is 5.25. The summed E-state index contributed by atoms with van der Waals surface area (Å²) in [4.78, 5) is 29.1. The summed E-state index contributed by atoms with van der Waals surface area (Å²) in [6, 6.07) is 0. The maximum atomic E-state index is 12.4. The van der Waals surface area contributed by atoms with Crippen LogP contribution in [-0.4, -0.2) is 46.4 Å². The molecule has 0 bridgehead atoms. The molecule has 0 spiro atoms. The van der Waals surface area contributed by atoms with Gasteiger partial charge < -0.3 is 19.3 Å². The zero-order chi connectivity index (χ0) is 14.7. The van der Waals surface area contributed by atoms with Crippen LogP contribution in [0.2, 0.25) is 0 Å². The van der Waals surface area contributed by atoms with Crippen molar-refractivity contribution in [3.05, 3.63) is 22.7 Å². The Bertz CT molecular complexity index is 541. The quantitative estimate of drug-likeness (QED) is 0.848. The van der Waals surface area contributed by atoms with Crippen LogP contribution in [0.3, 0.4) is 0 Å². The SMILES string of the molecule is CC(C)Cn1ccnc(N2CCOC(C(=O)O)C2)c1=O. The van der Waals surface area contributed by atoms with E-state index < -0.39 is 12.1 Å². The Kier molecular flexibility index (Phi) is 4.39. The van der Waals surface area contributed by atoms with E-state index in [1.807, 2.05) is 13.8 Å². The van der Waals surface area contributed by atoms with Gasteiger partial charge in [-0.1, -0.05) is 13.8 Å². The average Bonchev–Trinajstić information content (AvgIpc) is 2.41. The molecule has 1 N–H and O–H groups in total. The summed E-state index contributed by atoms with van der Waals surface area (Å²) in [7, 11) is 0. The molecule has 2 heterocycles. The minimum atomic E-state index is -1.02. The van der Waals surface area contributed by atoms with E-state index in [9.17, 15) is 9.59 Å². The molecule has 20 heavy (non-hydrogen) atoms. The third kappa shape index (κ3) is 3.16. The highest BCUT2D eigenvalue weighted by molar-refractivity contribution is 5.73.